The lowest BCUT2D eigenvalue weighted by atomic mass is 9.64. The van der Waals surface area contributed by atoms with Crippen LogP contribution in [-0.4, -0.2) is 25.3 Å². The third kappa shape index (κ3) is 1.95. The Morgan fingerprint density at radius 3 is 2.93 bits per heavy atom. The second-order valence-electron chi connectivity index (χ2n) is 5.34. The maximum atomic E-state index is 11.7. The van der Waals surface area contributed by atoms with Crippen molar-refractivity contribution >= 4 is 5.78 Å². The fourth-order valence-corrected chi connectivity index (χ4v) is 2.99. The van der Waals surface area contributed by atoms with Crippen molar-refractivity contribution in [3.63, 3.8) is 0 Å². The summed E-state index contributed by atoms with van der Waals surface area (Å²) in [6, 6.07) is 0. The van der Waals surface area contributed by atoms with Crippen LogP contribution >= 0.6 is 0 Å². The summed E-state index contributed by atoms with van der Waals surface area (Å²) >= 11 is 0. The van der Waals surface area contributed by atoms with Crippen molar-refractivity contribution in [2.45, 2.75) is 39.9 Å². The lowest BCUT2D eigenvalue weighted by molar-refractivity contribution is -0.142. The minimum Gasteiger partial charge on any atom is -0.353 e. The van der Waals surface area contributed by atoms with E-state index in [-0.39, 0.29) is 17.6 Å². The van der Waals surface area contributed by atoms with Crippen molar-refractivity contribution < 1.29 is 14.3 Å². The zero-order chi connectivity index (χ0) is 11.1. The minimum absolute atomic E-state index is 0.0752. The molecule has 0 spiro atoms. The average molecular weight is 212 g/mol. The standard InChI is InChI=1S/C12H20O3/c1-4-14-11-9-5-8(13)6-12(2,3)10(9)7-15-11/h9-11H,4-7H2,1-3H3. The summed E-state index contributed by atoms with van der Waals surface area (Å²) in [4.78, 5) is 11.7. The molecule has 3 unspecified atom stereocenters. The molecule has 0 radical (unpaired) electrons. The van der Waals surface area contributed by atoms with Gasteiger partial charge >= 0.3 is 0 Å². The Kier molecular flexibility index (Phi) is 2.86. The van der Waals surface area contributed by atoms with Gasteiger partial charge in [0.2, 0.25) is 0 Å². The lowest BCUT2D eigenvalue weighted by Gasteiger charge is -2.39. The van der Waals surface area contributed by atoms with E-state index in [1.165, 1.54) is 0 Å². The van der Waals surface area contributed by atoms with Gasteiger partial charge in [0.25, 0.3) is 0 Å². The molecule has 3 heteroatoms. The highest BCUT2D eigenvalue weighted by molar-refractivity contribution is 5.80. The molecule has 1 aliphatic carbocycles. The summed E-state index contributed by atoms with van der Waals surface area (Å²) in [7, 11) is 0. The molecule has 1 aliphatic heterocycles. The predicted octanol–water partition coefficient (Wildman–Crippen LogP) is 2.00. The molecule has 3 atom stereocenters. The van der Waals surface area contributed by atoms with E-state index >= 15 is 0 Å². The van der Waals surface area contributed by atoms with E-state index in [1.54, 1.807) is 0 Å². The van der Waals surface area contributed by atoms with Crippen LogP contribution in [0.3, 0.4) is 0 Å². The molecule has 0 N–H and O–H groups in total. The highest BCUT2D eigenvalue weighted by atomic mass is 16.7. The van der Waals surface area contributed by atoms with Gasteiger partial charge in [-0.15, -0.1) is 0 Å². The van der Waals surface area contributed by atoms with Crippen LogP contribution in [0, 0.1) is 17.3 Å². The van der Waals surface area contributed by atoms with Crippen molar-refractivity contribution in [3.05, 3.63) is 0 Å². The molecule has 0 amide bonds. The first-order chi connectivity index (χ1) is 7.04. The summed E-state index contributed by atoms with van der Waals surface area (Å²) < 4.78 is 11.2. The highest BCUT2D eigenvalue weighted by Crippen LogP contribution is 2.48. The smallest absolute Gasteiger partial charge is 0.161 e. The summed E-state index contributed by atoms with van der Waals surface area (Å²) in [5.74, 6) is 1.12. The molecule has 2 aliphatic rings. The maximum absolute atomic E-state index is 11.7. The Morgan fingerprint density at radius 1 is 1.53 bits per heavy atom. The zero-order valence-electron chi connectivity index (χ0n) is 9.79. The van der Waals surface area contributed by atoms with Crippen LogP contribution in [0.5, 0.6) is 0 Å². The Labute approximate surface area is 91.1 Å². The topological polar surface area (TPSA) is 35.5 Å². The third-order valence-corrected chi connectivity index (χ3v) is 3.76. The van der Waals surface area contributed by atoms with E-state index in [9.17, 15) is 4.79 Å². The summed E-state index contributed by atoms with van der Waals surface area (Å²) in [6.07, 6.45) is 1.18. The molecule has 2 rings (SSSR count). The number of carbonyl (C=O) groups excluding carboxylic acids is 1. The first kappa shape index (κ1) is 11.1. The van der Waals surface area contributed by atoms with E-state index in [0.29, 0.717) is 31.1 Å². The van der Waals surface area contributed by atoms with Crippen LogP contribution < -0.4 is 0 Å². The maximum Gasteiger partial charge on any atom is 0.161 e. The SMILES string of the molecule is CCOC1OCC2C1CC(=O)CC2(C)C. The van der Waals surface area contributed by atoms with Crippen LogP contribution in [0.25, 0.3) is 0 Å². The second kappa shape index (κ2) is 3.87. The molecular formula is C12H20O3. The van der Waals surface area contributed by atoms with Gasteiger partial charge in [-0.1, -0.05) is 13.8 Å². The summed E-state index contributed by atoms with van der Waals surface area (Å²) in [5, 5.41) is 0. The number of ketones is 1. The molecule has 0 aromatic rings. The lowest BCUT2D eigenvalue weighted by Crippen LogP contribution is -2.40. The molecular weight excluding hydrogens is 192 g/mol. The number of rotatable bonds is 2. The van der Waals surface area contributed by atoms with Crippen molar-refractivity contribution in [1.82, 2.24) is 0 Å². The molecule has 86 valence electrons. The van der Waals surface area contributed by atoms with Crippen molar-refractivity contribution in [1.29, 1.82) is 0 Å². The Bertz CT molecular complexity index is 260. The van der Waals surface area contributed by atoms with Crippen LogP contribution in [0.15, 0.2) is 0 Å². The fraction of sp³-hybridized carbons (Fsp3) is 0.917. The number of hydrogen-bond donors (Lipinski definition) is 0. The highest BCUT2D eigenvalue weighted by Gasteiger charge is 2.50. The van der Waals surface area contributed by atoms with Gasteiger partial charge in [0.1, 0.15) is 5.78 Å². The number of fused-ring (bicyclic) bond motifs is 1. The number of Topliss-reactive ketones (excluding diaryl/α,β-unsaturated/α-hetero) is 1. The zero-order valence-corrected chi connectivity index (χ0v) is 9.79. The van der Waals surface area contributed by atoms with Crippen molar-refractivity contribution in [2.24, 2.45) is 17.3 Å². The van der Waals surface area contributed by atoms with Crippen LogP contribution in [0.4, 0.5) is 0 Å². The van der Waals surface area contributed by atoms with Gasteiger partial charge in [-0.05, 0) is 18.3 Å². The molecule has 1 saturated carbocycles. The molecule has 0 bridgehead atoms. The summed E-state index contributed by atoms with van der Waals surface area (Å²) in [6.45, 7) is 7.70. The molecule has 15 heavy (non-hydrogen) atoms. The van der Waals surface area contributed by atoms with E-state index in [4.69, 9.17) is 9.47 Å². The van der Waals surface area contributed by atoms with Gasteiger partial charge in [0.15, 0.2) is 6.29 Å². The van der Waals surface area contributed by atoms with Gasteiger partial charge < -0.3 is 9.47 Å². The molecule has 0 aromatic carbocycles. The van der Waals surface area contributed by atoms with E-state index < -0.39 is 0 Å². The minimum atomic E-state index is -0.150. The molecule has 3 nitrogen and oxygen atoms in total. The van der Waals surface area contributed by atoms with Crippen molar-refractivity contribution in [3.8, 4) is 0 Å². The number of ether oxygens (including phenoxy) is 2. The molecule has 1 saturated heterocycles. The predicted molar refractivity (Wildman–Crippen MR) is 56.4 cm³/mol. The van der Waals surface area contributed by atoms with Gasteiger partial charge in [0.05, 0.1) is 6.61 Å². The first-order valence-electron chi connectivity index (χ1n) is 5.79. The van der Waals surface area contributed by atoms with E-state index in [0.717, 1.165) is 6.61 Å². The first-order valence-corrected chi connectivity index (χ1v) is 5.79. The van der Waals surface area contributed by atoms with Crippen LogP contribution in [0.1, 0.15) is 33.6 Å². The van der Waals surface area contributed by atoms with Gasteiger partial charge in [-0.3, -0.25) is 4.79 Å². The molecule has 0 aromatic heterocycles. The van der Waals surface area contributed by atoms with E-state index in [2.05, 4.69) is 13.8 Å². The average Bonchev–Trinajstić information content (AvgIpc) is 2.48. The summed E-state index contributed by atoms with van der Waals surface area (Å²) in [5.41, 5.74) is 0.0752. The molecule has 2 fully saturated rings. The Morgan fingerprint density at radius 2 is 2.27 bits per heavy atom. The van der Waals surface area contributed by atoms with Crippen molar-refractivity contribution in [2.75, 3.05) is 13.2 Å². The third-order valence-electron chi connectivity index (χ3n) is 3.76. The number of hydrogen-bond acceptors (Lipinski definition) is 3. The van der Waals surface area contributed by atoms with Gasteiger partial charge in [-0.25, -0.2) is 0 Å². The number of carbonyl (C=O) groups is 1. The van der Waals surface area contributed by atoms with Gasteiger partial charge in [-0.2, -0.15) is 0 Å². The van der Waals surface area contributed by atoms with Crippen LogP contribution in [0.2, 0.25) is 0 Å². The Hall–Kier alpha value is -0.410. The second-order valence-corrected chi connectivity index (χ2v) is 5.34. The van der Waals surface area contributed by atoms with Gasteiger partial charge in [0, 0.05) is 25.4 Å². The van der Waals surface area contributed by atoms with E-state index in [1.807, 2.05) is 6.92 Å². The Balaban J connectivity index is 2.13. The monoisotopic (exact) mass is 212 g/mol. The normalized spacial score (nSPS) is 39.1. The fourth-order valence-electron chi connectivity index (χ4n) is 2.99. The van der Waals surface area contributed by atoms with Crippen LogP contribution in [-0.2, 0) is 14.3 Å². The largest absolute Gasteiger partial charge is 0.353 e. The quantitative estimate of drug-likeness (QED) is 0.702. The molecule has 1 heterocycles.